The number of carbonyl (C=O) groups excluding carboxylic acids is 1. The second kappa shape index (κ2) is 5.92. The zero-order valence-electron chi connectivity index (χ0n) is 11.4. The molecule has 1 aliphatic heterocycles. The van der Waals surface area contributed by atoms with E-state index in [4.69, 9.17) is 5.73 Å². The predicted molar refractivity (Wildman–Crippen MR) is 81.1 cm³/mol. The van der Waals surface area contributed by atoms with E-state index in [0.717, 1.165) is 30.5 Å². The summed E-state index contributed by atoms with van der Waals surface area (Å²) in [6.45, 7) is 3.00. The van der Waals surface area contributed by atoms with Gasteiger partial charge in [0.2, 0.25) is 0 Å². The predicted octanol–water partition coefficient (Wildman–Crippen LogP) is 2.05. The Morgan fingerprint density at radius 2 is 2.32 bits per heavy atom. The zero-order valence-corrected chi connectivity index (χ0v) is 13.0. The highest BCUT2D eigenvalue weighted by Gasteiger charge is 2.23. The van der Waals surface area contributed by atoms with Gasteiger partial charge in [-0.15, -0.1) is 0 Å². The van der Waals surface area contributed by atoms with Crippen LogP contribution in [0.15, 0.2) is 22.7 Å². The minimum atomic E-state index is 0.0359. The molecule has 0 aromatic heterocycles. The van der Waals surface area contributed by atoms with Gasteiger partial charge in [-0.3, -0.25) is 4.79 Å². The van der Waals surface area contributed by atoms with Crippen molar-refractivity contribution in [3.63, 3.8) is 0 Å². The van der Waals surface area contributed by atoms with E-state index < -0.39 is 0 Å². The van der Waals surface area contributed by atoms with E-state index in [1.165, 1.54) is 0 Å². The minimum Gasteiger partial charge on any atom is -0.398 e. The number of nitrogens with two attached hydrogens (primary N) is 1. The Hall–Kier alpha value is -1.07. The van der Waals surface area contributed by atoms with Crippen LogP contribution in [0, 0.1) is 5.92 Å². The van der Waals surface area contributed by atoms with Gasteiger partial charge in [-0.2, -0.15) is 0 Å². The maximum Gasteiger partial charge on any atom is 0.253 e. The Labute approximate surface area is 122 Å². The van der Waals surface area contributed by atoms with Crippen LogP contribution in [-0.4, -0.2) is 49.4 Å². The van der Waals surface area contributed by atoms with Gasteiger partial charge in [-0.25, -0.2) is 0 Å². The summed E-state index contributed by atoms with van der Waals surface area (Å²) in [6, 6.07) is 5.35. The van der Waals surface area contributed by atoms with E-state index >= 15 is 0 Å². The topological polar surface area (TPSA) is 49.6 Å². The van der Waals surface area contributed by atoms with Gasteiger partial charge in [0.05, 0.1) is 0 Å². The average Bonchev–Trinajstić information content (AvgIpc) is 2.77. The van der Waals surface area contributed by atoms with Gasteiger partial charge in [0.15, 0.2) is 0 Å². The standard InChI is InChI=1S/C14H20BrN3O/c1-17-6-5-10(8-17)9-18(2)14(19)11-3-4-12(15)13(16)7-11/h3-4,7,10H,5-6,8-9,16H2,1-2H3. The highest BCUT2D eigenvalue weighted by atomic mass is 79.9. The van der Waals surface area contributed by atoms with E-state index in [2.05, 4.69) is 27.9 Å². The monoisotopic (exact) mass is 325 g/mol. The number of benzene rings is 1. The van der Waals surface area contributed by atoms with Crippen LogP contribution in [0.2, 0.25) is 0 Å². The number of amides is 1. The molecule has 1 heterocycles. The van der Waals surface area contributed by atoms with Gasteiger partial charge in [0, 0.05) is 35.9 Å². The number of anilines is 1. The molecule has 0 radical (unpaired) electrons. The smallest absolute Gasteiger partial charge is 0.253 e. The molecule has 0 spiro atoms. The molecule has 1 saturated heterocycles. The fourth-order valence-corrected chi connectivity index (χ4v) is 2.79. The first-order chi connectivity index (χ1) is 8.97. The third-order valence-corrected chi connectivity index (χ3v) is 4.33. The minimum absolute atomic E-state index is 0.0359. The molecule has 1 atom stereocenters. The SMILES string of the molecule is CN1CCC(CN(C)C(=O)c2ccc(Br)c(N)c2)C1. The summed E-state index contributed by atoms with van der Waals surface area (Å²) in [6.07, 6.45) is 1.16. The van der Waals surface area contributed by atoms with Crippen molar-refractivity contribution in [1.82, 2.24) is 9.80 Å². The lowest BCUT2D eigenvalue weighted by atomic mass is 10.1. The van der Waals surface area contributed by atoms with Crippen molar-refractivity contribution in [3.8, 4) is 0 Å². The van der Waals surface area contributed by atoms with Crippen molar-refractivity contribution < 1.29 is 4.79 Å². The van der Waals surface area contributed by atoms with Crippen molar-refractivity contribution in [1.29, 1.82) is 0 Å². The Balaban J connectivity index is 2.00. The molecular weight excluding hydrogens is 306 g/mol. The zero-order chi connectivity index (χ0) is 14.0. The van der Waals surface area contributed by atoms with Crippen molar-refractivity contribution in [2.75, 3.05) is 39.5 Å². The lowest BCUT2D eigenvalue weighted by molar-refractivity contribution is 0.0774. The summed E-state index contributed by atoms with van der Waals surface area (Å²) in [5, 5.41) is 0. The first-order valence-electron chi connectivity index (χ1n) is 6.46. The Morgan fingerprint density at radius 3 is 2.89 bits per heavy atom. The van der Waals surface area contributed by atoms with Crippen LogP contribution in [0.5, 0.6) is 0 Å². The molecule has 4 nitrogen and oxygen atoms in total. The molecule has 0 saturated carbocycles. The van der Waals surface area contributed by atoms with Crippen LogP contribution >= 0.6 is 15.9 Å². The normalized spacial score (nSPS) is 19.6. The molecule has 2 rings (SSSR count). The molecule has 1 amide bonds. The van der Waals surface area contributed by atoms with Crippen molar-refractivity contribution in [3.05, 3.63) is 28.2 Å². The van der Waals surface area contributed by atoms with Crippen LogP contribution in [0.4, 0.5) is 5.69 Å². The Kier molecular flexibility index (Phi) is 4.47. The van der Waals surface area contributed by atoms with Crippen LogP contribution in [0.3, 0.4) is 0 Å². The molecule has 1 aliphatic rings. The summed E-state index contributed by atoms with van der Waals surface area (Å²) < 4.78 is 0.823. The van der Waals surface area contributed by atoms with E-state index in [9.17, 15) is 4.79 Å². The summed E-state index contributed by atoms with van der Waals surface area (Å²) in [5.74, 6) is 0.612. The van der Waals surface area contributed by atoms with Gasteiger partial charge in [0.1, 0.15) is 0 Å². The lowest BCUT2D eigenvalue weighted by Crippen LogP contribution is -2.32. The molecular formula is C14H20BrN3O. The molecule has 104 valence electrons. The average molecular weight is 326 g/mol. The number of carbonyl (C=O) groups is 1. The molecule has 1 aromatic carbocycles. The Morgan fingerprint density at radius 1 is 1.58 bits per heavy atom. The molecule has 5 heteroatoms. The van der Waals surface area contributed by atoms with E-state index in [1.54, 1.807) is 17.0 Å². The van der Waals surface area contributed by atoms with Crippen LogP contribution in [-0.2, 0) is 0 Å². The molecule has 0 aliphatic carbocycles. The second-order valence-electron chi connectivity index (χ2n) is 5.34. The highest BCUT2D eigenvalue weighted by molar-refractivity contribution is 9.10. The summed E-state index contributed by atoms with van der Waals surface area (Å²) in [7, 11) is 3.98. The van der Waals surface area contributed by atoms with Crippen molar-refractivity contribution in [2.24, 2.45) is 5.92 Å². The largest absolute Gasteiger partial charge is 0.398 e. The van der Waals surface area contributed by atoms with Gasteiger partial charge in [-0.05, 0) is 60.1 Å². The summed E-state index contributed by atoms with van der Waals surface area (Å²) in [5.41, 5.74) is 7.06. The fraction of sp³-hybridized carbons (Fsp3) is 0.500. The first-order valence-corrected chi connectivity index (χ1v) is 7.25. The number of hydrogen-bond acceptors (Lipinski definition) is 3. The van der Waals surface area contributed by atoms with Crippen LogP contribution < -0.4 is 5.73 Å². The third kappa shape index (κ3) is 3.48. The first kappa shape index (κ1) is 14.3. The second-order valence-corrected chi connectivity index (χ2v) is 6.19. The van der Waals surface area contributed by atoms with Gasteiger partial charge < -0.3 is 15.5 Å². The highest BCUT2D eigenvalue weighted by Crippen LogP contribution is 2.22. The van der Waals surface area contributed by atoms with Crippen LogP contribution in [0.1, 0.15) is 16.8 Å². The van der Waals surface area contributed by atoms with Crippen molar-refractivity contribution >= 4 is 27.5 Å². The quantitative estimate of drug-likeness (QED) is 0.865. The van der Waals surface area contributed by atoms with Gasteiger partial charge in [-0.1, -0.05) is 0 Å². The van der Waals surface area contributed by atoms with Crippen LogP contribution in [0.25, 0.3) is 0 Å². The number of rotatable bonds is 3. The van der Waals surface area contributed by atoms with E-state index in [-0.39, 0.29) is 5.91 Å². The maximum atomic E-state index is 12.3. The molecule has 0 bridgehead atoms. The number of nitrogen functional groups attached to an aromatic ring is 1. The molecule has 1 fully saturated rings. The number of halogens is 1. The van der Waals surface area contributed by atoms with E-state index in [1.807, 2.05) is 13.1 Å². The van der Waals surface area contributed by atoms with Gasteiger partial charge in [0.25, 0.3) is 5.91 Å². The maximum absolute atomic E-state index is 12.3. The number of likely N-dealkylation sites (tertiary alicyclic amines) is 1. The molecule has 2 N–H and O–H groups in total. The molecule has 1 aromatic rings. The summed E-state index contributed by atoms with van der Waals surface area (Å²) >= 11 is 3.34. The van der Waals surface area contributed by atoms with E-state index in [0.29, 0.717) is 17.2 Å². The van der Waals surface area contributed by atoms with Gasteiger partial charge >= 0.3 is 0 Å². The third-order valence-electron chi connectivity index (χ3n) is 3.61. The van der Waals surface area contributed by atoms with Crippen molar-refractivity contribution in [2.45, 2.75) is 6.42 Å². The fourth-order valence-electron chi connectivity index (χ4n) is 2.54. The number of hydrogen-bond donors (Lipinski definition) is 1. The summed E-state index contributed by atoms with van der Waals surface area (Å²) in [4.78, 5) is 16.4. The molecule has 19 heavy (non-hydrogen) atoms. The molecule has 1 unspecified atom stereocenters. The Bertz CT molecular complexity index is 478. The number of nitrogens with zero attached hydrogens (tertiary/aromatic N) is 2. The lowest BCUT2D eigenvalue weighted by Gasteiger charge is -2.21.